The Hall–Kier alpha value is -2.08. The molecule has 6 nitrogen and oxygen atoms in total. The first kappa shape index (κ1) is 19.2. The molecule has 0 aromatic heterocycles. The quantitative estimate of drug-likeness (QED) is 0.856. The normalized spacial score (nSPS) is 18.5. The molecule has 1 fully saturated rings. The molecule has 1 saturated heterocycles. The molecule has 1 aliphatic heterocycles. The molecule has 2 N–H and O–H groups in total. The van der Waals surface area contributed by atoms with Crippen LogP contribution in [0.25, 0.3) is 0 Å². The van der Waals surface area contributed by atoms with Gasteiger partial charge in [-0.2, -0.15) is 0 Å². The maximum Gasteiger partial charge on any atom is 0.410 e. The number of nitrogens with zero attached hydrogens (tertiary/aromatic N) is 2. The summed E-state index contributed by atoms with van der Waals surface area (Å²) in [6.45, 7) is 6.53. The number of rotatable bonds is 6. The van der Waals surface area contributed by atoms with Gasteiger partial charge in [-0.3, -0.25) is 4.79 Å². The van der Waals surface area contributed by atoms with E-state index in [1.165, 1.54) is 0 Å². The van der Waals surface area contributed by atoms with E-state index in [-0.39, 0.29) is 24.5 Å². The summed E-state index contributed by atoms with van der Waals surface area (Å²) in [6, 6.07) is 9.17. The van der Waals surface area contributed by atoms with Crippen LogP contribution in [0.3, 0.4) is 0 Å². The SMILES string of the molecule is CCN(C[C@H]1CCCN(C(=O)[C@H](C)N)C1)C(=O)OCc1ccccc1. The lowest BCUT2D eigenvalue weighted by atomic mass is 9.97. The zero-order chi connectivity index (χ0) is 18.2. The number of nitrogens with two attached hydrogens (primary N) is 1. The van der Waals surface area contributed by atoms with Crippen molar-refractivity contribution < 1.29 is 14.3 Å². The molecular weight excluding hydrogens is 318 g/mol. The molecule has 1 aromatic rings. The Labute approximate surface area is 149 Å². The summed E-state index contributed by atoms with van der Waals surface area (Å²) >= 11 is 0. The summed E-state index contributed by atoms with van der Waals surface area (Å²) in [5.41, 5.74) is 6.68. The van der Waals surface area contributed by atoms with Gasteiger partial charge in [-0.1, -0.05) is 30.3 Å². The highest BCUT2D eigenvalue weighted by atomic mass is 16.6. The van der Waals surface area contributed by atoms with E-state index in [9.17, 15) is 9.59 Å². The molecule has 0 unspecified atom stereocenters. The molecule has 2 atom stereocenters. The van der Waals surface area contributed by atoms with Crippen LogP contribution in [0.2, 0.25) is 0 Å². The van der Waals surface area contributed by atoms with Crippen molar-refractivity contribution in [2.24, 2.45) is 11.7 Å². The number of piperidine rings is 1. The van der Waals surface area contributed by atoms with Crippen LogP contribution in [0.5, 0.6) is 0 Å². The number of carbonyl (C=O) groups is 2. The second kappa shape index (κ2) is 9.42. The highest BCUT2D eigenvalue weighted by Crippen LogP contribution is 2.19. The first-order valence-electron chi connectivity index (χ1n) is 9.01. The number of carbonyl (C=O) groups excluding carboxylic acids is 2. The van der Waals surface area contributed by atoms with Crippen LogP contribution in [0, 0.1) is 5.92 Å². The summed E-state index contributed by atoms with van der Waals surface area (Å²) in [7, 11) is 0. The zero-order valence-corrected chi connectivity index (χ0v) is 15.2. The molecule has 0 aliphatic carbocycles. The highest BCUT2D eigenvalue weighted by Gasteiger charge is 2.27. The minimum Gasteiger partial charge on any atom is -0.445 e. The second-order valence-electron chi connectivity index (χ2n) is 6.66. The average molecular weight is 347 g/mol. The topological polar surface area (TPSA) is 75.9 Å². The van der Waals surface area contributed by atoms with Crippen molar-refractivity contribution in [1.29, 1.82) is 0 Å². The molecule has 2 amide bonds. The van der Waals surface area contributed by atoms with Crippen LogP contribution < -0.4 is 5.73 Å². The molecule has 1 aliphatic rings. The lowest BCUT2D eigenvalue weighted by molar-refractivity contribution is -0.134. The third-order valence-corrected chi connectivity index (χ3v) is 4.54. The standard InChI is InChI=1S/C19H29N3O3/c1-3-21(19(24)25-14-16-8-5-4-6-9-16)12-17-10-7-11-22(13-17)18(23)15(2)20/h4-6,8-9,15,17H,3,7,10-14,20H2,1-2H3/t15-,17+/m0/s1. The molecule has 6 heteroatoms. The summed E-state index contributed by atoms with van der Waals surface area (Å²) in [4.78, 5) is 28.0. The van der Waals surface area contributed by atoms with Crippen molar-refractivity contribution in [3.8, 4) is 0 Å². The summed E-state index contributed by atoms with van der Waals surface area (Å²) in [5.74, 6) is 0.250. The van der Waals surface area contributed by atoms with Gasteiger partial charge in [-0.25, -0.2) is 4.79 Å². The predicted octanol–water partition coefficient (Wildman–Crippen LogP) is 2.23. The van der Waals surface area contributed by atoms with Crippen LogP contribution in [0.4, 0.5) is 4.79 Å². The number of likely N-dealkylation sites (tertiary alicyclic amines) is 1. The van der Waals surface area contributed by atoms with Crippen molar-refractivity contribution in [2.75, 3.05) is 26.2 Å². The predicted molar refractivity (Wildman–Crippen MR) is 96.8 cm³/mol. The van der Waals surface area contributed by atoms with Crippen LogP contribution in [0.15, 0.2) is 30.3 Å². The number of benzene rings is 1. The molecule has 0 spiro atoms. The van der Waals surface area contributed by atoms with E-state index in [4.69, 9.17) is 10.5 Å². The minimum absolute atomic E-state index is 0.0144. The molecule has 2 rings (SSSR count). The summed E-state index contributed by atoms with van der Waals surface area (Å²) in [6.07, 6.45) is 1.65. The van der Waals surface area contributed by atoms with E-state index in [2.05, 4.69) is 0 Å². The van der Waals surface area contributed by atoms with E-state index in [0.29, 0.717) is 19.6 Å². The van der Waals surface area contributed by atoms with Gasteiger partial charge in [0.15, 0.2) is 0 Å². The van der Waals surface area contributed by atoms with Gasteiger partial charge in [0, 0.05) is 26.2 Å². The van der Waals surface area contributed by atoms with Gasteiger partial charge in [0.2, 0.25) is 5.91 Å². The fraction of sp³-hybridized carbons (Fsp3) is 0.579. The van der Waals surface area contributed by atoms with Crippen molar-refractivity contribution in [2.45, 2.75) is 39.3 Å². The third-order valence-electron chi connectivity index (χ3n) is 4.54. The van der Waals surface area contributed by atoms with Gasteiger partial charge in [-0.15, -0.1) is 0 Å². The first-order valence-corrected chi connectivity index (χ1v) is 9.01. The monoisotopic (exact) mass is 347 g/mol. The Morgan fingerprint density at radius 1 is 1.36 bits per heavy atom. The van der Waals surface area contributed by atoms with Crippen molar-refractivity contribution in [3.63, 3.8) is 0 Å². The van der Waals surface area contributed by atoms with Crippen molar-refractivity contribution in [3.05, 3.63) is 35.9 Å². The summed E-state index contributed by atoms with van der Waals surface area (Å²) in [5, 5.41) is 0. The first-order chi connectivity index (χ1) is 12.0. The Balaban J connectivity index is 1.85. The van der Waals surface area contributed by atoms with Crippen molar-refractivity contribution >= 4 is 12.0 Å². The fourth-order valence-corrected chi connectivity index (χ4v) is 3.16. The van der Waals surface area contributed by atoms with E-state index < -0.39 is 6.04 Å². The maximum atomic E-state index is 12.3. The van der Waals surface area contributed by atoms with E-state index >= 15 is 0 Å². The molecular formula is C19H29N3O3. The van der Waals surface area contributed by atoms with Gasteiger partial charge >= 0.3 is 6.09 Å². The van der Waals surface area contributed by atoms with E-state index in [0.717, 1.165) is 24.9 Å². The lowest BCUT2D eigenvalue weighted by Gasteiger charge is -2.36. The highest BCUT2D eigenvalue weighted by molar-refractivity contribution is 5.81. The maximum absolute atomic E-state index is 12.3. The molecule has 0 radical (unpaired) electrons. The van der Waals surface area contributed by atoms with E-state index in [1.54, 1.807) is 11.8 Å². The van der Waals surface area contributed by atoms with Gasteiger partial charge in [0.1, 0.15) is 6.61 Å². The molecule has 0 saturated carbocycles. The summed E-state index contributed by atoms with van der Waals surface area (Å²) < 4.78 is 5.42. The number of hydrogen-bond donors (Lipinski definition) is 1. The van der Waals surface area contributed by atoms with Gasteiger partial charge < -0.3 is 20.3 Å². The van der Waals surface area contributed by atoms with Gasteiger partial charge in [0.05, 0.1) is 6.04 Å². The van der Waals surface area contributed by atoms with E-state index in [1.807, 2.05) is 42.2 Å². The van der Waals surface area contributed by atoms with Crippen LogP contribution >= 0.6 is 0 Å². The van der Waals surface area contributed by atoms with Crippen LogP contribution in [0.1, 0.15) is 32.3 Å². The number of hydrogen-bond acceptors (Lipinski definition) is 4. The van der Waals surface area contributed by atoms with Gasteiger partial charge in [-0.05, 0) is 38.2 Å². The third kappa shape index (κ3) is 5.74. The molecule has 0 bridgehead atoms. The molecule has 25 heavy (non-hydrogen) atoms. The average Bonchev–Trinajstić information content (AvgIpc) is 2.64. The van der Waals surface area contributed by atoms with Crippen LogP contribution in [-0.2, 0) is 16.1 Å². The molecule has 1 aromatic carbocycles. The lowest BCUT2D eigenvalue weighted by Crippen LogP contribution is -2.49. The Bertz CT molecular complexity index is 562. The number of ether oxygens (including phenoxy) is 1. The van der Waals surface area contributed by atoms with Crippen molar-refractivity contribution in [1.82, 2.24) is 9.80 Å². The fourth-order valence-electron chi connectivity index (χ4n) is 3.16. The Morgan fingerprint density at radius 2 is 2.08 bits per heavy atom. The number of amides is 2. The smallest absolute Gasteiger partial charge is 0.410 e. The Morgan fingerprint density at radius 3 is 2.72 bits per heavy atom. The second-order valence-corrected chi connectivity index (χ2v) is 6.66. The Kier molecular flexibility index (Phi) is 7.25. The molecule has 1 heterocycles. The van der Waals surface area contributed by atoms with Gasteiger partial charge in [0.25, 0.3) is 0 Å². The molecule has 138 valence electrons. The largest absolute Gasteiger partial charge is 0.445 e. The minimum atomic E-state index is -0.475. The van der Waals surface area contributed by atoms with Crippen LogP contribution in [-0.4, -0.2) is 54.0 Å². The zero-order valence-electron chi connectivity index (χ0n) is 15.2.